The van der Waals surface area contributed by atoms with E-state index in [0.29, 0.717) is 36.2 Å². The van der Waals surface area contributed by atoms with Crippen LogP contribution in [0.1, 0.15) is 78.6 Å². The van der Waals surface area contributed by atoms with E-state index in [4.69, 9.17) is 4.74 Å². The predicted octanol–water partition coefficient (Wildman–Crippen LogP) is 3.59. The van der Waals surface area contributed by atoms with Gasteiger partial charge < -0.3 is 9.84 Å². The molecule has 0 amide bonds. The first-order chi connectivity index (χ1) is 15.6. The third-order valence-corrected chi connectivity index (χ3v) is 11.0. The fourth-order valence-electron chi connectivity index (χ4n) is 9.20. The van der Waals surface area contributed by atoms with Gasteiger partial charge >= 0.3 is 0 Å². The van der Waals surface area contributed by atoms with Crippen LogP contribution in [-0.2, 0) is 9.53 Å². The zero-order valence-electron chi connectivity index (χ0n) is 21.3. The first-order valence-electron chi connectivity index (χ1n) is 13.2. The molecule has 186 valence electrons. The molecule has 7 heteroatoms. The third kappa shape index (κ3) is 3.64. The zero-order valence-corrected chi connectivity index (χ0v) is 21.3. The summed E-state index contributed by atoms with van der Waals surface area (Å²) >= 11 is 0. The Morgan fingerprint density at radius 1 is 1.12 bits per heavy atom. The molecule has 0 aromatic heterocycles. The number of carbonyl (C=O) groups is 1. The van der Waals surface area contributed by atoms with Gasteiger partial charge in [0.15, 0.2) is 5.78 Å². The molecule has 8 atom stereocenters. The number of ether oxygens (including phenoxy) is 1. The number of nitrogens with zero attached hydrogens (tertiary/aromatic N) is 3. The fraction of sp³-hybridized carbons (Fsp3) is 0.923. The molecule has 0 unspecified atom stereocenters. The van der Waals surface area contributed by atoms with Gasteiger partial charge in [-0.05, 0) is 99.2 Å². The lowest BCUT2D eigenvalue weighted by molar-refractivity contribution is -0.164. The Balaban J connectivity index is 1.31. The Morgan fingerprint density at radius 3 is 2.58 bits per heavy atom. The maximum absolute atomic E-state index is 13.5. The molecular formula is C26H44N4O3. The van der Waals surface area contributed by atoms with Crippen LogP contribution in [-0.4, -0.2) is 59.8 Å². The van der Waals surface area contributed by atoms with Gasteiger partial charge in [-0.1, -0.05) is 13.8 Å². The lowest BCUT2D eigenvalue weighted by Crippen LogP contribution is -2.57. The van der Waals surface area contributed by atoms with E-state index >= 15 is 0 Å². The fourth-order valence-corrected chi connectivity index (χ4v) is 9.20. The monoisotopic (exact) mass is 460 g/mol. The Morgan fingerprint density at radius 2 is 1.88 bits per heavy atom. The van der Waals surface area contributed by atoms with Crippen LogP contribution in [0.25, 0.3) is 0 Å². The molecule has 0 bridgehead atoms. The van der Waals surface area contributed by atoms with E-state index in [1.807, 2.05) is 24.1 Å². The highest BCUT2D eigenvalue weighted by Gasteiger charge is 2.62. The molecule has 4 saturated carbocycles. The summed E-state index contributed by atoms with van der Waals surface area (Å²) in [6.45, 7) is 7.79. The maximum atomic E-state index is 13.5. The van der Waals surface area contributed by atoms with Crippen molar-refractivity contribution < 1.29 is 14.6 Å². The largest absolute Gasteiger partial charge is 0.387 e. The van der Waals surface area contributed by atoms with Gasteiger partial charge in [-0.3, -0.25) is 9.80 Å². The second-order valence-corrected chi connectivity index (χ2v) is 12.5. The van der Waals surface area contributed by atoms with Gasteiger partial charge in [0.2, 0.25) is 0 Å². The topological polar surface area (TPSA) is 77.4 Å². The Labute approximate surface area is 199 Å². The first-order valence-corrected chi connectivity index (χ1v) is 13.2. The molecule has 0 aromatic rings. The van der Waals surface area contributed by atoms with Gasteiger partial charge in [-0.25, -0.2) is 5.53 Å². The van der Waals surface area contributed by atoms with Crippen LogP contribution in [0.5, 0.6) is 0 Å². The smallest absolute Gasteiger partial charge is 0.157 e. The lowest BCUT2D eigenvalue weighted by atomic mass is 9.44. The van der Waals surface area contributed by atoms with Crippen LogP contribution in [0.4, 0.5) is 0 Å². The van der Waals surface area contributed by atoms with Crippen molar-refractivity contribution in [3.05, 3.63) is 0 Å². The minimum absolute atomic E-state index is 0.129. The van der Waals surface area contributed by atoms with Crippen LogP contribution >= 0.6 is 0 Å². The maximum Gasteiger partial charge on any atom is 0.157 e. The predicted molar refractivity (Wildman–Crippen MR) is 128 cm³/mol. The number of hydrogen-bond donors (Lipinski definition) is 2. The lowest BCUT2D eigenvalue weighted by Gasteiger charge is -2.62. The number of hydrazine groups is 2. The van der Waals surface area contributed by atoms with Crippen molar-refractivity contribution in [1.29, 1.82) is 0 Å². The Bertz CT molecular complexity index is 819. The number of rotatable bonds is 5. The number of fused-ring (bicyclic) bond motifs is 5. The number of amidine groups is 1. The molecule has 1 heterocycles. The average Bonchev–Trinajstić information content (AvgIpc) is 3.28. The normalized spacial score (nSPS) is 47.4. The standard InChI is InChI=1S/C26H44N4O3/c1-17-27-28-29(4)30(17)15-23(31)22-9-8-20-19-7-6-18-14-26(32,16-33-5)13-12-24(18,2)21(19)10-11-25(20,22)3/h18-22,28,32H,6-16H2,1-5H3/t18-,19-,20-,21-,22+,24-,25-,26+/m0/s1. The van der Waals surface area contributed by atoms with Gasteiger partial charge in [0.25, 0.3) is 0 Å². The van der Waals surface area contributed by atoms with E-state index < -0.39 is 5.60 Å². The Kier molecular flexibility index (Phi) is 5.85. The number of aliphatic hydroxyl groups is 1. The van der Waals surface area contributed by atoms with Crippen LogP contribution < -0.4 is 5.53 Å². The number of Topliss-reactive ketones (excluding diaryl/α,β-unsaturated/α-hetero) is 1. The molecule has 5 rings (SSSR count). The molecule has 4 fully saturated rings. The highest BCUT2D eigenvalue weighted by Crippen LogP contribution is 2.68. The summed E-state index contributed by atoms with van der Waals surface area (Å²) in [6, 6.07) is 0. The minimum Gasteiger partial charge on any atom is -0.387 e. The van der Waals surface area contributed by atoms with Crippen molar-refractivity contribution in [1.82, 2.24) is 15.7 Å². The molecule has 0 saturated heterocycles. The average molecular weight is 461 g/mol. The SMILES string of the molecule is COC[C@@]1(O)CC[C@@]2(C)[C@@H](CC[C@@H]3[C@@H]2CC[C@]2(C)[C@@H](C(=O)CN4C(C)=NNN4C)CC[C@@H]32)C1. The number of ketones is 1. The van der Waals surface area contributed by atoms with Crippen LogP contribution in [0.15, 0.2) is 5.10 Å². The minimum atomic E-state index is -0.640. The number of hydrazone groups is 1. The van der Waals surface area contributed by atoms with E-state index in [9.17, 15) is 9.90 Å². The molecule has 2 N–H and O–H groups in total. The Hall–Kier alpha value is -1.18. The van der Waals surface area contributed by atoms with Crippen LogP contribution in [0.2, 0.25) is 0 Å². The summed E-state index contributed by atoms with van der Waals surface area (Å²) < 4.78 is 5.37. The van der Waals surface area contributed by atoms with Crippen LogP contribution in [0, 0.1) is 40.4 Å². The number of methoxy groups -OCH3 is 1. The number of carbonyl (C=O) groups excluding carboxylic acids is 1. The number of hydrogen-bond acceptors (Lipinski definition) is 7. The van der Waals surface area contributed by atoms with Gasteiger partial charge in [-0.2, -0.15) is 0 Å². The van der Waals surface area contributed by atoms with Crippen molar-refractivity contribution in [3.63, 3.8) is 0 Å². The zero-order chi connectivity index (χ0) is 23.6. The molecule has 7 nitrogen and oxygen atoms in total. The van der Waals surface area contributed by atoms with Crippen molar-refractivity contribution in [2.24, 2.45) is 45.5 Å². The van der Waals surface area contributed by atoms with Gasteiger partial charge in [0.1, 0.15) is 5.84 Å². The second-order valence-electron chi connectivity index (χ2n) is 12.5. The van der Waals surface area contributed by atoms with Crippen molar-refractivity contribution in [2.75, 3.05) is 27.3 Å². The van der Waals surface area contributed by atoms with E-state index in [1.54, 1.807) is 7.11 Å². The summed E-state index contributed by atoms with van der Waals surface area (Å²) in [7, 11) is 3.61. The molecule has 33 heavy (non-hydrogen) atoms. The summed E-state index contributed by atoms with van der Waals surface area (Å²) in [6.07, 6.45) is 9.98. The summed E-state index contributed by atoms with van der Waals surface area (Å²) in [4.78, 5) is 13.5. The third-order valence-electron chi connectivity index (χ3n) is 11.0. The van der Waals surface area contributed by atoms with Gasteiger partial charge in [-0.15, -0.1) is 10.2 Å². The molecule has 0 radical (unpaired) electrons. The van der Waals surface area contributed by atoms with Crippen molar-refractivity contribution in [2.45, 2.75) is 84.2 Å². The molecule has 1 aliphatic heterocycles. The molecule has 0 aromatic carbocycles. The van der Waals surface area contributed by atoms with E-state index in [1.165, 1.54) is 32.1 Å². The highest BCUT2D eigenvalue weighted by atomic mass is 16.5. The van der Waals surface area contributed by atoms with Crippen LogP contribution in [0.3, 0.4) is 0 Å². The first kappa shape index (κ1) is 23.6. The number of nitrogens with one attached hydrogen (secondary N) is 1. The molecular weight excluding hydrogens is 416 g/mol. The van der Waals surface area contributed by atoms with E-state index in [-0.39, 0.29) is 11.3 Å². The molecule has 4 aliphatic carbocycles. The molecule has 0 spiro atoms. The van der Waals surface area contributed by atoms with E-state index in [2.05, 4.69) is 24.5 Å². The summed E-state index contributed by atoms with van der Waals surface area (Å²) in [5, 5.41) is 19.1. The van der Waals surface area contributed by atoms with Gasteiger partial charge in [0.05, 0.1) is 18.8 Å². The quantitative estimate of drug-likeness (QED) is 0.653. The summed E-state index contributed by atoms with van der Waals surface area (Å²) in [5.74, 6) is 4.11. The van der Waals surface area contributed by atoms with Crippen molar-refractivity contribution >= 4 is 11.6 Å². The highest BCUT2D eigenvalue weighted by molar-refractivity contribution is 5.89. The summed E-state index contributed by atoms with van der Waals surface area (Å²) in [5.41, 5.74) is 2.74. The van der Waals surface area contributed by atoms with Crippen molar-refractivity contribution in [3.8, 4) is 0 Å². The van der Waals surface area contributed by atoms with E-state index in [0.717, 1.165) is 43.4 Å². The van der Waals surface area contributed by atoms with Gasteiger partial charge in [0, 0.05) is 20.1 Å². The second kappa shape index (κ2) is 8.20. The molecule has 5 aliphatic rings.